The summed E-state index contributed by atoms with van der Waals surface area (Å²) >= 11 is 9.44. The zero-order chi connectivity index (χ0) is 11.5. The lowest BCUT2D eigenvalue weighted by Crippen LogP contribution is -2.35. The van der Waals surface area contributed by atoms with E-state index in [-0.39, 0.29) is 10.6 Å². The van der Waals surface area contributed by atoms with E-state index in [4.69, 9.17) is 11.6 Å². The van der Waals surface area contributed by atoms with Crippen LogP contribution in [-0.4, -0.2) is 28.4 Å². The number of rotatable bonds is 2. The molecule has 2 rings (SSSR count). The number of piperidine rings is 1. The van der Waals surface area contributed by atoms with Crippen LogP contribution >= 0.6 is 27.5 Å². The van der Waals surface area contributed by atoms with Crippen LogP contribution in [0.15, 0.2) is 11.1 Å². The molecule has 1 fully saturated rings. The lowest BCUT2D eigenvalue weighted by Gasteiger charge is -2.32. The Morgan fingerprint density at radius 1 is 1.56 bits per heavy atom. The Morgan fingerprint density at radius 3 is 2.88 bits per heavy atom. The van der Waals surface area contributed by atoms with Gasteiger partial charge in [-0.1, -0.05) is 27.5 Å². The molecule has 0 saturated carbocycles. The predicted molar refractivity (Wildman–Crippen MR) is 68.6 cm³/mol. The molecule has 0 radical (unpaired) electrons. The van der Waals surface area contributed by atoms with Crippen LogP contribution in [-0.2, 0) is 0 Å². The molecule has 2 heterocycles. The molecule has 1 aliphatic heterocycles. The molecular formula is C10H13BrClN3O. The summed E-state index contributed by atoms with van der Waals surface area (Å²) in [5, 5.41) is 1.23. The number of aromatic amines is 1. The molecule has 4 nitrogen and oxygen atoms in total. The van der Waals surface area contributed by atoms with Crippen molar-refractivity contribution in [3.63, 3.8) is 0 Å². The maximum Gasteiger partial charge on any atom is 0.271 e. The minimum atomic E-state index is -0.269. The van der Waals surface area contributed by atoms with E-state index in [1.807, 2.05) is 0 Å². The number of H-pyrrole nitrogens is 1. The second kappa shape index (κ2) is 5.19. The Hall–Kier alpha value is -0.550. The lowest BCUT2D eigenvalue weighted by molar-refractivity contribution is 0.445. The fraction of sp³-hybridized carbons (Fsp3) is 0.600. The second-order valence-electron chi connectivity index (χ2n) is 3.95. The van der Waals surface area contributed by atoms with Gasteiger partial charge in [0.1, 0.15) is 5.02 Å². The molecule has 88 valence electrons. The summed E-state index contributed by atoms with van der Waals surface area (Å²) < 4.78 is 0. The fourth-order valence-corrected chi connectivity index (χ4v) is 2.76. The summed E-state index contributed by atoms with van der Waals surface area (Å²) in [6, 6.07) is 0. The van der Waals surface area contributed by atoms with Gasteiger partial charge in [0.05, 0.1) is 6.33 Å². The van der Waals surface area contributed by atoms with Crippen molar-refractivity contribution in [2.75, 3.05) is 23.3 Å². The van der Waals surface area contributed by atoms with Crippen molar-refractivity contribution in [3.8, 4) is 0 Å². The number of halogens is 2. The van der Waals surface area contributed by atoms with Crippen molar-refractivity contribution in [3.05, 3.63) is 21.7 Å². The van der Waals surface area contributed by atoms with E-state index in [9.17, 15) is 4.79 Å². The maximum absolute atomic E-state index is 11.3. The highest BCUT2D eigenvalue weighted by Gasteiger charge is 2.21. The number of hydrogen-bond acceptors (Lipinski definition) is 3. The van der Waals surface area contributed by atoms with Gasteiger partial charge in [-0.3, -0.25) is 4.79 Å². The molecule has 0 unspecified atom stereocenters. The quantitative estimate of drug-likeness (QED) is 0.851. The number of nitrogens with zero attached hydrogens (tertiary/aromatic N) is 2. The van der Waals surface area contributed by atoms with Gasteiger partial charge >= 0.3 is 0 Å². The Labute approximate surface area is 107 Å². The summed E-state index contributed by atoms with van der Waals surface area (Å²) in [5.74, 6) is 1.33. The van der Waals surface area contributed by atoms with Gasteiger partial charge in [-0.25, -0.2) is 4.98 Å². The second-order valence-corrected chi connectivity index (χ2v) is 4.98. The summed E-state index contributed by atoms with van der Waals surface area (Å²) in [4.78, 5) is 20.0. The highest BCUT2D eigenvalue weighted by atomic mass is 79.9. The topological polar surface area (TPSA) is 49.0 Å². The minimum absolute atomic E-state index is 0.194. The fourth-order valence-electron chi connectivity index (χ4n) is 1.89. The number of anilines is 1. The number of nitrogens with one attached hydrogen (secondary N) is 1. The van der Waals surface area contributed by atoms with E-state index in [0.717, 1.165) is 37.2 Å². The van der Waals surface area contributed by atoms with Gasteiger partial charge in [-0.2, -0.15) is 0 Å². The first-order chi connectivity index (χ1) is 7.72. The van der Waals surface area contributed by atoms with E-state index in [2.05, 4.69) is 30.8 Å². The monoisotopic (exact) mass is 305 g/mol. The third-order valence-electron chi connectivity index (χ3n) is 2.91. The first-order valence-corrected chi connectivity index (χ1v) is 6.76. The largest absolute Gasteiger partial charge is 0.355 e. The molecule has 0 bridgehead atoms. The van der Waals surface area contributed by atoms with Crippen molar-refractivity contribution in [1.82, 2.24) is 9.97 Å². The van der Waals surface area contributed by atoms with Gasteiger partial charge in [-0.15, -0.1) is 0 Å². The minimum Gasteiger partial charge on any atom is -0.355 e. The van der Waals surface area contributed by atoms with Gasteiger partial charge < -0.3 is 9.88 Å². The molecule has 0 aliphatic carbocycles. The Balaban J connectivity index is 2.14. The summed E-state index contributed by atoms with van der Waals surface area (Å²) in [7, 11) is 0. The van der Waals surface area contributed by atoms with E-state index >= 15 is 0 Å². The smallest absolute Gasteiger partial charge is 0.271 e. The van der Waals surface area contributed by atoms with Gasteiger partial charge in [0.15, 0.2) is 5.82 Å². The predicted octanol–water partition coefficient (Wildman–Crippen LogP) is 2.03. The molecule has 1 aliphatic rings. The summed E-state index contributed by atoms with van der Waals surface area (Å²) in [6.07, 6.45) is 3.62. The normalized spacial score (nSPS) is 17.8. The first kappa shape index (κ1) is 11.9. The standard InChI is InChI=1S/C10H13BrClN3O/c11-5-7-1-3-15(4-2-7)9-8(12)10(16)14-6-13-9/h6-7H,1-5H2,(H,13,14,16). The van der Waals surface area contributed by atoms with Crippen molar-refractivity contribution >= 4 is 33.3 Å². The lowest BCUT2D eigenvalue weighted by atomic mass is 9.99. The van der Waals surface area contributed by atoms with Gasteiger partial charge in [0.2, 0.25) is 0 Å². The molecule has 1 aromatic heterocycles. The zero-order valence-corrected chi connectivity index (χ0v) is 11.1. The molecule has 1 aromatic rings. The highest BCUT2D eigenvalue weighted by molar-refractivity contribution is 9.09. The highest BCUT2D eigenvalue weighted by Crippen LogP contribution is 2.25. The van der Waals surface area contributed by atoms with Crippen LogP contribution in [0.2, 0.25) is 5.02 Å². The van der Waals surface area contributed by atoms with Crippen LogP contribution in [0.1, 0.15) is 12.8 Å². The van der Waals surface area contributed by atoms with E-state index < -0.39 is 0 Å². The van der Waals surface area contributed by atoms with Crippen LogP contribution in [0.4, 0.5) is 5.82 Å². The third kappa shape index (κ3) is 2.40. The van der Waals surface area contributed by atoms with E-state index in [0.29, 0.717) is 5.82 Å². The Morgan fingerprint density at radius 2 is 2.25 bits per heavy atom. The van der Waals surface area contributed by atoms with Crippen molar-refractivity contribution in [2.24, 2.45) is 5.92 Å². The van der Waals surface area contributed by atoms with Crippen LogP contribution < -0.4 is 10.5 Å². The first-order valence-electron chi connectivity index (χ1n) is 5.26. The molecular weight excluding hydrogens is 293 g/mol. The molecule has 1 saturated heterocycles. The number of aromatic nitrogens is 2. The van der Waals surface area contributed by atoms with E-state index in [1.54, 1.807) is 0 Å². The summed E-state index contributed by atoms with van der Waals surface area (Å²) in [6.45, 7) is 1.82. The molecule has 0 atom stereocenters. The SMILES string of the molecule is O=c1[nH]cnc(N2CCC(CBr)CC2)c1Cl. The Bertz CT molecular complexity index is 415. The van der Waals surface area contributed by atoms with Crippen LogP contribution in [0.25, 0.3) is 0 Å². The van der Waals surface area contributed by atoms with E-state index in [1.165, 1.54) is 6.33 Å². The Kier molecular flexibility index (Phi) is 3.86. The van der Waals surface area contributed by atoms with Gasteiger partial charge in [0, 0.05) is 18.4 Å². The van der Waals surface area contributed by atoms with Crippen LogP contribution in [0.3, 0.4) is 0 Å². The zero-order valence-electron chi connectivity index (χ0n) is 8.75. The average Bonchev–Trinajstić information content (AvgIpc) is 2.33. The van der Waals surface area contributed by atoms with Crippen molar-refractivity contribution in [2.45, 2.75) is 12.8 Å². The molecule has 0 amide bonds. The van der Waals surface area contributed by atoms with Crippen LogP contribution in [0.5, 0.6) is 0 Å². The number of hydrogen-bond donors (Lipinski definition) is 1. The maximum atomic E-state index is 11.3. The van der Waals surface area contributed by atoms with Crippen molar-refractivity contribution < 1.29 is 0 Å². The molecule has 1 N–H and O–H groups in total. The van der Waals surface area contributed by atoms with Gasteiger partial charge in [0.25, 0.3) is 5.56 Å². The molecule has 0 aromatic carbocycles. The number of alkyl halides is 1. The van der Waals surface area contributed by atoms with Crippen molar-refractivity contribution in [1.29, 1.82) is 0 Å². The van der Waals surface area contributed by atoms with Gasteiger partial charge in [-0.05, 0) is 18.8 Å². The molecule has 6 heteroatoms. The average molecular weight is 307 g/mol. The molecule has 0 spiro atoms. The summed E-state index contributed by atoms with van der Waals surface area (Å²) in [5.41, 5.74) is -0.269. The van der Waals surface area contributed by atoms with Crippen LogP contribution in [0, 0.1) is 5.92 Å². The third-order valence-corrected chi connectivity index (χ3v) is 4.17. The molecule has 16 heavy (non-hydrogen) atoms.